The first-order valence-electron chi connectivity index (χ1n) is 6.47. The molecule has 0 aliphatic heterocycles. The molecule has 104 valence electrons. The summed E-state index contributed by atoms with van der Waals surface area (Å²) in [5, 5.41) is 6.23. The van der Waals surface area contributed by atoms with Crippen molar-refractivity contribution in [2.24, 2.45) is 0 Å². The van der Waals surface area contributed by atoms with Crippen molar-refractivity contribution in [2.45, 2.75) is 13.3 Å². The first-order chi connectivity index (χ1) is 9.70. The maximum atomic E-state index is 12.2. The fourth-order valence-electron chi connectivity index (χ4n) is 1.66. The minimum Gasteiger partial charge on any atom is -0.370 e. The number of carbonyl (C=O) groups is 1. The number of amides is 1. The van der Waals surface area contributed by atoms with E-state index in [4.69, 9.17) is 11.6 Å². The Morgan fingerprint density at radius 2 is 1.95 bits per heavy atom. The Labute approximate surface area is 123 Å². The second-order valence-electron chi connectivity index (χ2n) is 4.27. The summed E-state index contributed by atoms with van der Waals surface area (Å²) < 4.78 is 0. The molecule has 0 aliphatic rings. The second-order valence-corrected chi connectivity index (χ2v) is 4.68. The zero-order chi connectivity index (χ0) is 14.4. The highest BCUT2D eigenvalue weighted by atomic mass is 35.5. The van der Waals surface area contributed by atoms with Gasteiger partial charge in [0.2, 0.25) is 0 Å². The first-order valence-corrected chi connectivity index (χ1v) is 6.85. The molecule has 1 amide bonds. The first kappa shape index (κ1) is 14.3. The van der Waals surface area contributed by atoms with Crippen LogP contribution in [0.25, 0.3) is 0 Å². The molecule has 0 atom stereocenters. The highest BCUT2D eigenvalue weighted by molar-refractivity contribution is 6.34. The topological polar surface area (TPSA) is 54.0 Å². The van der Waals surface area contributed by atoms with Gasteiger partial charge in [0.15, 0.2) is 0 Å². The number of carbonyl (C=O) groups excluding carboxylic acids is 1. The molecule has 2 rings (SSSR count). The molecular weight excluding hydrogens is 274 g/mol. The lowest BCUT2D eigenvalue weighted by molar-refractivity contribution is 0.102. The fourth-order valence-corrected chi connectivity index (χ4v) is 1.86. The van der Waals surface area contributed by atoms with E-state index in [1.807, 2.05) is 30.3 Å². The average molecular weight is 290 g/mol. The van der Waals surface area contributed by atoms with Crippen LogP contribution in [0.4, 0.5) is 11.5 Å². The number of para-hydroxylation sites is 1. The number of benzene rings is 1. The molecule has 1 aromatic carbocycles. The summed E-state index contributed by atoms with van der Waals surface area (Å²) in [6.07, 6.45) is 0.982. The van der Waals surface area contributed by atoms with Crippen LogP contribution in [0.5, 0.6) is 0 Å². The number of halogens is 1. The number of aromatic nitrogens is 1. The molecule has 1 heterocycles. The Bertz CT molecular complexity index is 587. The standard InChI is InChI=1S/C15H16ClN3O/c1-2-10-17-13-9-8-12(16)14(19-13)15(20)18-11-6-4-3-5-7-11/h3-9H,2,10H2,1H3,(H,17,19)(H,18,20). The highest BCUT2D eigenvalue weighted by Crippen LogP contribution is 2.18. The van der Waals surface area contributed by atoms with Crippen molar-refractivity contribution >= 4 is 29.0 Å². The van der Waals surface area contributed by atoms with Crippen LogP contribution in [0.2, 0.25) is 5.02 Å². The Morgan fingerprint density at radius 3 is 2.65 bits per heavy atom. The molecule has 0 aliphatic carbocycles. The van der Waals surface area contributed by atoms with E-state index >= 15 is 0 Å². The van der Waals surface area contributed by atoms with Crippen LogP contribution in [0, 0.1) is 0 Å². The van der Waals surface area contributed by atoms with Gasteiger partial charge in [0.05, 0.1) is 5.02 Å². The lowest BCUT2D eigenvalue weighted by Crippen LogP contribution is -2.15. The summed E-state index contributed by atoms with van der Waals surface area (Å²) in [6, 6.07) is 12.6. The van der Waals surface area contributed by atoms with E-state index in [2.05, 4.69) is 22.5 Å². The molecule has 20 heavy (non-hydrogen) atoms. The molecule has 0 unspecified atom stereocenters. The Morgan fingerprint density at radius 1 is 1.20 bits per heavy atom. The molecule has 5 heteroatoms. The molecule has 0 saturated heterocycles. The van der Waals surface area contributed by atoms with E-state index in [9.17, 15) is 4.79 Å². The lowest BCUT2D eigenvalue weighted by Gasteiger charge is -2.09. The van der Waals surface area contributed by atoms with Crippen molar-refractivity contribution in [3.05, 3.63) is 53.2 Å². The van der Waals surface area contributed by atoms with Gasteiger partial charge in [-0.05, 0) is 30.7 Å². The fraction of sp³-hybridized carbons (Fsp3) is 0.200. The number of rotatable bonds is 5. The monoisotopic (exact) mass is 289 g/mol. The largest absolute Gasteiger partial charge is 0.370 e. The van der Waals surface area contributed by atoms with E-state index < -0.39 is 0 Å². The third-order valence-corrected chi connectivity index (χ3v) is 2.95. The lowest BCUT2D eigenvalue weighted by atomic mass is 10.3. The van der Waals surface area contributed by atoms with Crippen molar-refractivity contribution in [3.63, 3.8) is 0 Å². The quantitative estimate of drug-likeness (QED) is 0.880. The summed E-state index contributed by atoms with van der Waals surface area (Å²) in [7, 11) is 0. The number of pyridine rings is 1. The van der Waals surface area contributed by atoms with Gasteiger partial charge in [-0.1, -0.05) is 36.7 Å². The number of nitrogens with one attached hydrogen (secondary N) is 2. The van der Waals surface area contributed by atoms with E-state index in [0.29, 0.717) is 16.5 Å². The SMILES string of the molecule is CCCNc1ccc(Cl)c(C(=O)Nc2ccccc2)n1. The van der Waals surface area contributed by atoms with Crippen LogP contribution in [-0.2, 0) is 0 Å². The number of hydrogen-bond donors (Lipinski definition) is 2. The summed E-state index contributed by atoms with van der Waals surface area (Å²) in [4.78, 5) is 16.4. The van der Waals surface area contributed by atoms with E-state index in [0.717, 1.165) is 13.0 Å². The summed E-state index contributed by atoms with van der Waals surface area (Å²) >= 11 is 6.04. The Kier molecular flexibility index (Phi) is 4.96. The predicted octanol–water partition coefficient (Wildman–Crippen LogP) is 3.81. The van der Waals surface area contributed by atoms with E-state index in [-0.39, 0.29) is 11.6 Å². The smallest absolute Gasteiger partial charge is 0.275 e. The minimum absolute atomic E-state index is 0.219. The molecule has 0 saturated carbocycles. The number of anilines is 2. The van der Waals surface area contributed by atoms with Crippen molar-refractivity contribution in [1.29, 1.82) is 0 Å². The Hall–Kier alpha value is -2.07. The second kappa shape index (κ2) is 6.91. The van der Waals surface area contributed by atoms with Gasteiger partial charge in [0.25, 0.3) is 5.91 Å². The molecule has 2 aromatic rings. The average Bonchev–Trinajstić information content (AvgIpc) is 2.47. The molecule has 0 spiro atoms. The van der Waals surface area contributed by atoms with Crippen LogP contribution in [0.3, 0.4) is 0 Å². The maximum absolute atomic E-state index is 12.2. The summed E-state index contributed by atoms with van der Waals surface area (Å²) in [5.74, 6) is 0.329. The highest BCUT2D eigenvalue weighted by Gasteiger charge is 2.13. The summed E-state index contributed by atoms with van der Waals surface area (Å²) in [6.45, 7) is 2.86. The molecule has 0 radical (unpaired) electrons. The molecule has 2 N–H and O–H groups in total. The van der Waals surface area contributed by atoms with Crippen LogP contribution < -0.4 is 10.6 Å². The third kappa shape index (κ3) is 3.71. The zero-order valence-electron chi connectivity index (χ0n) is 11.2. The van der Waals surface area contributed by atoms with Gasteiger partial charge in [0.1, 0.15) is 11.5 Å². The molecule has 0 bridgehead atoms. The van der Waals surface area contributed by atoms with Crippen LogP contribution in [0.15, 0.2) is 42.5 Å². The normalized spacial score (nSPS) is 10.1. The van der Waals surface area contributed by atoms with Crippen molar-refractivity contribution in [1.82, 2.24) is 4.98 Å². The van der Waals surface area contributed by atoms with Gasteiger partial charge in [-0.15, -0.1) is 0 Å². The van der Waals surface area contributed by atoms with Crippen LogP contribution in [-0.4, -0.2) is 17.4 Å². The van der Waals surface area contributed by atoms with Gasteiger partial charge in [0, 0.05) is 12.2 Å². The third-order valence-electron chi connectivity index (χ3n) is 2.65. The van der Waals surface area contributed by atoms with Gasteiger partial charge in [-0.2, -0.15) is 0 Å². The van der Waals surface area contributed by atoms with Gasteiger partial charge in [-0.3, -0.25) is 4.79 Å². The van der Waals surface area contributed by atoms with E-state index in [1.165, 1.54) is 0 Å². The molecule has 0 fully saturated rings. The van der Waals surface area contributed by atoms with Crippen molar-refractivity contribution in [3.8, 4) is 0 Å². The van der Waals surface area contributed by atoms with Gasteiger partial charge < -0.3 is 10.6 Å². The maximum Gasteiger partial charge on any atom is 0.275 e. The zero-order valence-corrected chi connectivity index (χ0v) is 11.9. The minimum atomic E-state index is -0.318. The van der Waals surface area contributed by atoms with Crippen molar-refractivity contribution < 1.29 is 4.79 Å². The molecule has 1 aromatic heterocycles. The van der Waals surface area contributed by atoms with Crippen LogP contribution >= 0.6 is 11.6 Å². The van der Waals surface area contributed by atoms with Crippen LogP contribution in [0.1, 0.15) is 23.8 Å². The van der Waals surface area contributed by atoms with Gasteiger partial charge >= 0.3 is 0 Å². The van der Waals surface area contributed by atoms with Gasteiger partial charge in [-0.25, -0.2) is 4.98 Å². The molecule has 4 nitrogen and oxygen atoms in total. The number of nitrogens with zero attached hydrogens (tertiary/aromatic N) is 1. The number of hydrogen-bond acceptors (Lipinski definition) is 3. The van der Waals surface area contributed by atoms with E-state index in [1.54, 1.807) is 12.1 Å². The predicted molar refractivity (Wildman–Crippen MR) is 82.4 cm³/mol. The Balaban J connectivity index is 2.16. The summed E-state index contributed by atoms with van der Waals surface area (Å²) in [5.41, 5.74) is 0.930. The van der Waals surface area contributed by atoms with Crippen molar-refractivity contribution in [2.75, 3.05) is 17.2 Å². The molecular formula is C15H16ClN3O.